The third-order valence-corrected chi connectivity index (χ3v) is 4.94. The number of fused-ring (bicyclic) bond motifs is 1. The Labute approximate surface area is 129 Å². The molecule has 0 radical (unpaired) electrons. The maximum absolute atomic E-state index is 12.4. The van der Waals surface area contributed by atoms with Gasteiger partial charge in [0.25, 0.3) is 11.5 Å². The molecule has 2 aromatic rings. The summed E-state index contributed by atoms with van der Waals surface area (Å²) >= 11 is 1.34. The third kappa shape index (κ3) is 2.50. The number of nitrogens with zero attached hydrogens (tertiary/aromatic N) is 2. The molecule has 1 saturated carbocycles. The summed E-state index contributed by atoms with van der Waals surface area (Å²) in [5.74, 6) is -1.76. The zero-order valence-corrected chi connectivity index (χ0v) is 12.7. The Bertz CT molecular complexity index is 810. The highest BCUT2D eigenvalue weighted by atomic mass is 32.1. The van der Waals surface area contributed by atoms with E-state index in [1.165, 1.54) is 21.9 Å². The Kier molecular flexibility index (Phi) is 3.69. The summed E-state index contributed by atoms with van der Waals surface area (Å²) in [5.41, 5.74) is 0.325. The van der Waals surface area contributed by atoms with Crippen LogP contribution >= 0.6 is 11.3 Å². The SMILES string of the molecule is Cc1csc2ncc(C(=O)N[C@H]3CC[C@@H](C(=O)O)C3)c(=O)n12. The van der Waals surface area contributed by atoms with Crippen molar-refractivity contribution in [1.29, 1.82) is 0 Å². The van der Waals surface area contributed by atoms with E-state index in [1.807, 2.05) is 0 Å². The number of hydrogen-bond acceptors (Lipinski definition) is 5. The first kappa shape index (κ1) is 14.7. The molecule has 0 unspecified atom stereocenters. The molecular formula is C14H15N3O4S. The summed E-state index contributed by atoms with van der Waals surface area (Å²) in [6.45, 7) is 1.78. The first-order valence-electron chi connectivity index (χ1n) is 6.97. The fraction of sp³-hybridized carbons (Fsp3) is 0.429. The molecule has 3 rings (SSSR count). The van der Waals surface area contributed by atoms with Crippen LogP contribution in [0.5, 0.6) is 0 Å². The van der Waals surface area contributed by atoms with Crippen LogP contribution in [0.1, 0.15) is 35.3 Å². The van der Waals surface area contributed by atoms with Gasteiger partial charge in [-0.15, -0.1) is 11.3 Å². The summed E-state index contributed by atoms with van der Waals surface area (Å²) in [7, 11) is 0. The molecule has 2 N–H and O–H groups in total. The van der Waals surface area contributed by atoms with Crippen LogP contribution in [0.2, 0.25) is 0 Å². The lowest BCUT2D eigenvalue weighted by molar-refractivity contribution is -0.141. The third-order valence-electron chi connectivity index (χ3n) is 3.98. The monoisotopic (exact) mass is 321 g/mol. The number of carboxylic acid groups (broad SMARTS) is 1. The van der Waals surface area contributed by atoms with Gasteiger partial charge in [0, 0.05) is 23.3 Å². The van der Waals surface area contributed by atoms with Gasteiger partial charge in [0.1, 0.15) is 5.56 Å². The van der Waals surface area contributed by atoms with Crippen molar-refractivity contribution in [1.82, 2.24) is 14.7 Å². The molecule has 0 bridgehead atoms. The van der Waals surface area contributed by atoms with Gasteiger partial charge in [-0.3, -0.25) is 18.8 Å². The highest BCUT2D eigenvalue weighted by Gasteiger charge is 2.31. The number of carbonyl (C=O) groups is 2. The minimum atomic E-state index is -0.839. The molecular weight excluding hydrogens is 306 g/mol. The molecule has 1 aliphatic rings. The number of carboxylic acids is 1. The van der Waals surface area contributed by atoms with E-state index >= 15 is 0 Å². The van der Waals surface area contributed by atoms with E-state index in [0.717, 1.165) is 5.69 Å². The van der Waals surface area contributed by atoms with Crippen LogP contribution in [0.25, 0.3) is 4.96 Å². The van der Waals surface area contributed by atoms with E-state index in [0.29, 0.717) is 24.2 Å². The van der Waals surface area contributed by atoms with Crippen molar-refractivity contribution in [2.45, 2.75) is 32.2 Å². The Hall–Kier alpha value is -2.22. The van der Waals surface area contributed by atoms with Gasteiger partial charge in [-0.1, -0.05) is 0 Å². The quantitative estimate of drug-likeness (QED) is 0.880. The molecule has 116 valence electrons. The van der Waals surface area contributed by atoms with E-state index in [9.17, 15) is 14.4 Å². The van der Waals surface area contributed by atoms with Gasteiger partial charge in [0.05, 0.1) is 5.92 Å². The molecule has 1 amide bonds. The van der Waals surface area contributed by atoms with E-state index in [4.69, 9.17) is 5.11 Å². The van der Waals surface area contributed by atoms with Crippen LogP contribution in [0.15, 0.2) is 16.4 Å². The second-order valence-corrected chi connectivity index (χ2v) is 6.33. The van der Waals surface area contributed by atoms with Gasteiger partial charge in [0.15, 0.2) is 4.96 Å². The molecule has 0 aliphatic heterocycles. The maximum atomic E-state index is 12.4. The minimum Gasteiger partial charge on any atom is -0.481 e. The van der Waals surface area contributed by atoms with Gasteiger partial charge in [-0.25, -0.2) is 4.98 Å². The average molecular weight is 321 g/mol. The first-order valence-corrected chi connectivity index (χ1v) is 7.85. The second-order valence-electron chi connectivity index (χ2n) is 5.49. The van der Waals surface area contributed by atoms with Crippen molar-refractivity contribution in [3.8, 4) is 0 Å². The molecule has 22 heavy (non-hydrogen) atoms. The number of carbonyl (C=O) groups excluding carboxylic acids is 1. The van der Waals surface area contributed by atoms with Crippen molar-refractivity contribution >= 4 is 28.2 Å². The van der Waals surface area contributed by atoms with Gasteiger partial charge >= 0.3 is 5.97 Å². The van der Waals surface area contributed by atoms with Crippen molar-refractivity contribution in [2.75, 3.05) is 0 Å². The maximum Gasteiger partial charge on any atom is 0.306 e. The Morgan fingerprint density at radius 1 is 1.45 bits per heavy atom. The van der Waals surface area contributed by atoms with Gasteiger partial charge in [-0.2, -0.15) is 0 Å². The van der Waals surface area contributed by atoms with Crippen LogP contribution in [0, 0.1) is 12.8 Å². The van der Waals surface area contributed by atoms with Crippen molar-refractivity contribution in [2.24, 2.45) is 5.92 Å². The molecule has 0 spiro atoms. The number of amides is 1. The zero-order chi connectivity index (χ0) is 15.9. The van der Waals surface area contributed by atoms with Gasteiger partial charge < -0.3 is 10.4 Å². The highest BCUT2D eigenvalue weighted by molar-refractivity contribution is 7.15. The summed E-state index contributed by atoms with van der Waals surface area (Å²) in [4.78, 5) is 40.3. The predicted molar refractivity (Wildman–Crippen MR) is 80.3 cm³/mol. The summed E-state index contributed by atoms with van der Waals surface area (Å²) in [5, 5.41) is 13.5. The molecule has 1 aliphatic carbocycles. The van der Waals surface area contributed by atoms with E-state index in [-0.39, 0.29) is 11.6 Å². The molecule has 2 atom stereocenters. The van der Waals surface area contributed by atoms with Crippen LogP contribution in [0.3, 0.4) is 0 Å². The van der Waals surface area contributed by atoms with Crippen LogP contribution in [-0.2, 0) is 4.79 Å². The van der Waals surface area contributed by atoms with E-state index in [1.54, 1.807) is 12.3 Å². The standard InChI is InChI=1S/C14H15N3O4S/c1-7-6-22-14-15-5-10(12(19)17(7)14)11(18)16-9-3-2-8(4-9)13(20)21/h5-6,8-9H,2-4H2,1H3,(H,16,18)(H,20,21)/t8-,9+/m1/s1. The summed E-state index contributed by atoms with van der Waals surface area (Å²) in [6, 6.07) is -0.211. The molecule has 0 saturated heterocycles. The molecule has 2 heterocycles. The van der Waals surface area contributed by atoms with Crippen molar-refractivity contribution in [3.63, 3.8) is 0 Å². The fourth-order valence-corrected chi connectivity index (χ4v) is 3.61. The molecule has 2 aromatic heterocycles. The lowest BCUT2D eigenvalue weighted by Crippen LogP contribution is -2.37. The normalized spacial score (nSPS) is 21.1. The van der Waals surface area contributed by atoms with E-state index < -0.39 is 23.4 Å². The summed E-state index contributed by atoms with van der Waals surface area (Å²) in [6.07, 6.45) is 2.83. The van der Waals surface area contributed by atoms with Crippen molar-refractivity contribution < 1.29 is 14.7 Å². The van der Waals surface area contributed by atoms with Crippen LogP contribution in [-0.4, -0.2) is 32.4 Å². The number of aryl methyl sites for hydroxylation is 1. The zero-order valence-electron chi connectivity index (χ0n) is 11.9. The van der Waals surface area contributed by atoms with Crippen LogP contribution < -0.4 is 10.9 Å². The number of aliphatic carboxylic acids is 1. The summed E-state index contributed by atoms with van der Waals surface area (Å²) < 4.78 is 1.41. The number of aromatic nitrogens is 2. The van der Waals surface area contributed by atoms with Crippen LogP contribution in [0.4, 0.5) is 0 Å². The molecule has 7 nitrogen and oxygen atoms in total. The Morgan fingerprint density at radius 2 is 2.23 bits per heavy atom. The van der Waals surface area contributed by atoms with Gasteiger partial charge in [-0.05, 0) is 26.2 Å². The average Bonchev–Trinajstić information content (AvgIpc) is 3.07. The number of rotatable bonds is 3. The molecule has 0 aromatic carbocycles. The lowest BCUT2D eigenvalue weighted by atomic mass is 10.1. The largest absolute Gasteiger partial charge is 0.481 e. The fourth-order valence-electron chi connectivity index (χ4n) is 2.78. The predicted octanol–water partition coefficient (Wildman–Crippen LogP) is 1.05. The molecule has 1 fully saturated rings. The highest BCUT2D eigenvalue weighted by Crippen LogP contribution is 2.25. The molecule has 8 heteroatoms. The lowest BCUT2D eigenvalue weighted by Gasteiger charge is -2.12. The number of hydrogen-bond donors (Lipinski definition) is 2. The number of nitrogens with one attached hydrogen (secondary N) is 1. The Balaban J connectivity index is 1.81. The van der Waals surface area contributed by atoms with Gasteiger partial charge in [0.2, 0.25) is 0 Å². The minimum absolute atomic E-state index is 0.0159. The topological polar surface area (TPSA) is 101 Å². The Morgan fingerprint density at radius 3 is 2.91 bits per heavy atom. The first-order chi connectivity index (χ1) is 10.5. The van der Waals surface area contributed by atoms with E-state index in [2.05, 4.69) is 10.3 Å². The second kappa shape index (κ2) is 5.53. The smallest absolute Gasteiger partial charge is 0.306 e. The number of thiazole rings is 1. The van der Waals surface area contributed by atoms with Crippen molar-refractivity contribution in [3.05, 3.63) is 33.2 Å².